The molecule has 3 rings (SSSR count). The fraction of sp³-hybridized carbons (Fsp3) is 0.391. The molecule has 0 atom stereocenters. The molecule has 1 aromatic heterocycles. The number of amides is 1. The van der Waals surface area contributed by atoms with Gasteiger partial charge in [-0.15, -0.1) is 0 Å². The molecule has 1 heterocycles. The van der Waals surface area contributed by atoms with Gasteiger partial charge in [0.25, 0.3) is 0 Å². The van der Waals surface area contributed by atoms with Crippen LogP contribution in [0.15, 0.2) is 54.6 Å². The van der Waals surface area contributed by atoms with Gasteiger partial charge in [-0.1, -0.05) is 56.3 Å². The van der Waals surface area contributed by atoms with Gasteiger partial charge in [0, 0.05) is 12.5 Å². The summed E-state index contributed by atoms with van der Waals surface area (Å²) in [6.07, 6.45) is 3.82. The zero-order chi connectivity index (χ0) is 19.1. The van der Waals surface area contributed by atoms with Crippen LogP contribution in [-0.4, -0.2) is 15.5 Å². The highest BCUT2D eigenvalue weighted by atomic mass is 16.1. The number of aryl methyl sites for hydroxylation is 2. The van der Waals surface area contributed by atoms with Crippen LogP contribution in [0.5, 0.6) is 0 Å². The van der Waals surface area contributed by atoms with Crippen molar-refractivity contribution in [1.29, 1.82) is 0 Å². The number of carbonyl (C=O) groups is 1. The van der Waals surface area contributed by atoms with Crippen molar-refractivity contribution in [1.82, 2.24) is 14.9 Å². The van der Waals surface area contributed by atoms with Gasteiger partial charge in [-0.05, 0) is 43.4 Å². The van der Waals surface area contributed by atoms with Crippen molar-refractivity contribution in [2.75, 3.05) is 0 Å². The lowest BCUT2D eigenvalue weighted by Crippen LogP contribution is -2.30. The number of fused-ring (bicyclic) bond motifs is 1. The smallest absolute Gasteiger partial charge is 0.223 e. The van der Waals surface area contributed by atoms with Gasteiger partial charge in [-0.2, -0.15) is 0 Å². The van der Waals surface area contributed by atoms with E-state index in [0.717, 1.165) is 49.1 Å². The van der Waals surface area contributed by atoms with Crippen LogP contribution in [0.4, 0.5) is 0 Å². The maximum absolute atomic E-state index is 12.4. The Morgan fingerprint density at radius 2 is 1.74 bits per heavy atom. The van der Waals surface area contributed by atoms with Crippen LogP contribution < -0.4 is 5.32 Å². The van der Waals surface area contributed by atoms with Crippen molar-refractivity contribution in [3.8, 4) is 0 Å². The third-order valence-corrected chi connectivity index (χ3v) is 5.20. The Bertz CT molecular complexity index is 866. The van der Waals surface area contributed by atoms with E-state index in [1.807, 2.05) is 24.3 Å². The van der Waals surface area contributed by atoms with Crippen molar-refractivity contribution in [3.05, 3.63) is 66.0 Å². The average molecular weight is 364 g/mol. The normalized spacial score (nSPS) is 11.2. The first-order chi connectivity index (χ1) is 13.2. The first-order valence-electron chi connectivity index (χ1n) is 9.98. The van der Waals surface area contributed by atoms with E-state index in [0.29, 0.717) is 6.54 Å². The highest BCUT2D eigenvalue weighted by molar-refractivity contribution is 5.79. The lowest BCUT2D eigenvalue weighted by Gasteiger charge is -2.14. The van der Waals surface area contributed by atoms with Gasteiger partial charge in [0.2, 0.25) is 5.91 Å². The average Bonchev–Trinajstić information content (AvgIpc) is 3.06. The summed E-state index contributed by atoms with van der Waals surface area (Å²) in [5.74, 6) is 1.15. The number of hydrogen-bond donors (Lipinski definition) is 1. The third kappa shape index (κ3) is 4.76. The summed E-state index contributed by atoms with van der Waals surface area (Å²) in [7, 11) is 0. The van der Waals surface area contributed by atoms with Crippen molar-refractivity contribution >= 4 is 16.9 Å². The predicted octanol–water partition coefficient (Wildman–Crippen LogP) is 4.72. The van der Waals surface area contributed by atoms with E-state index >= 15 is 0 Å². The number of carbonyl (C=O) groups excluding carboxylic acids is 1. The van der Waals surface area contributed by atoms with E-state index in [2.05, 4.69) is 54.1 Å². The molecule has 0 unspecified atom stereocenters. The van der Waals surface area contributed by atoms with E-state index < -0.39 is 0 Å². The van der Waals surface area contributed by atoms with Gasteiger partial charge >= 0.3 is 0 Å². The molecule has 0 radical (unpaired) electrons. The van der Waals surface area contributed by atoms with Crippen molar-refractivity contribution in [2.45, 2.75) is 52.6 Å². The van der Waals surface area contributed by atoms with E-state index in [9.17, 15) is 4.79 Å². The number of aromatic nitrogens is 2. The van der Waals surface area contributed by atoms with Gasteiger partial charge < -0.3 is 9.88 Å². The number of hydrogen-bond acceptors (Lipinski definition) is 2. The SMILES string of the molecule is CCC(CC)C(=O)NCc1nc2ccccc2n1CCCc1ccccc1. The molecule has 0 aliphatic carbocycles. The standard InChI is InChI=1S/C23H29N3O/c1-3-19(4-2)23(27)24-17-22-25-20-14-8-9-15-21(20)26(22)16-10-13-18-11-6-5-7-12-18/h5-9,11-12,14-15,19H,3-4,10,13,16-17H2,1-2H3,(H,24,27). The van der Waals surface area contributed by atoms with E-state index in [-0.39, 0.29) is 11.8 Å². The second-order valence-electron chi connectivity index (χ2n) is 6.99. The van der Waals surface area contributed by atoms with Gasteiger partial charge in [0.1, 0.15) is 5.82 Å². The van der Waals surface area contributed by atoms with E-state index in [1.54, 1.807) is 0 Å². The lowest BCUT2D eigenvalue weighted by molar-refractivity contribution is -0.125. The topological polar surface area (TPSA) is 46.9 Å². The Kier molecular flexibility index (Phi) is 6.64. The van der Waals surface area contributed by atoms with E-state index in [4.69, 9.17) is 4.98 Å². The summed E-state index contributed by atoms with van der Waals surface area (Å²) in [6, 6.07) is 18.8. The molecule has 0 aliphatic rings. The minimum atomic E-state index is 0.0842. The zero-order valence-corrected chi connectivity index (χ0v) is 16.3. The lowest BCUT2D eigenvalue weighted by atomic mass is 10.0. The van der Waals surface area contributed by atoms with Crippen LogP contribution in [-0.2, 0) is 24.3 Å². The fourth-order valence-electron chi connectivity index (χ4n) is 3.57. The number of imidazole rings is 1. The molecule has 4 heteroatoms. The Morgan fingerprint density at radius 3 is 2.48 bits per heavy atom. The Hall–Kier alpha value is -2.62. The largest absolute Gasteiger partial charge is 0.349 e. The molecule has 4 nitrogen and oxygen atoms in total. The summed E-state index contributed by atoms with van der Waals surface area (Å²) in [5, 5.41) is 3.09. The highest BCUT2D eigenvalue weighted by Gasteiger charge is 2.16. The summed E-state index contributed by atoms with van der Waals surface area (Å²) >= 11 is 0. The molecular weight excluding hydrogens is 334 g/mol. The molecule has 0 fully saturated rings. The van der Waals surface area contributed by atoms with Gasteiger partial charge in [-0.25, -0.2) is 4.98 Å². The first kappa shape index (κ1) is 19.2. The number of nitrogens with zero attached hydrogens (tertiary/aromatic N) is 2. The molecule has 2 aromatic carbocycles. The maximum atomic E-state index is 12.4. The van der Waals surface area contributed by atoms with Crippen molar-refractivity contribution in [2.24, 2.45) is 5.92 Å². The molecule has 0 bridgehead atoms. The van der Waals surface area contributed by atoms with Crippen LogP contribution >= 0.6 is 0 Å². The minimum absolute atomic E-state index is 0.0842. The predicted molar refractivity (Wildman–Crippen MR) is 110 cm³/mol. The molecule has 27 heavy (non-hydrogen) atoms. The third-order valence-electron chi connectivity index (χ3n) is 5.20. The Morgan fingerprint density at radius 1 is 1.04 bits per heavy atom. The first-order valence-corrected chi connectivity index (χ1v) is 9.98. The minimum Gasteiger partial charge on any atom is -0.349 e. The summed E-state index contributed by atoms with van der Waals surface area (Å²) in [6.45, 7) is 5.50. The molecule has 1 N–H and O–H groups in total. The highest BCUT2D eigenvalue weighted by Crippen LogP contribution is 2.18. The van der Waals surface area contributed by atoms with Crippen LogP contribution in [0, 0.1) is 5.92 Å². The molecule has 0 saturated heterocycles. The van der Waals surface area contributed by atoms with Crippen LogP contribution in [0.3, 0.4) is 0 Å². The van der Waals surface area contributed by atoms with Crippen LogP contribution in [0.25, 0.3) is 11.0 Å². The van der Waals surface area contributed by atoms with Gasteiger partial charge in [-0.3, -0.25) is 4.79 Å². The molecular formula is C23H29N3O. The molecule has 0 saturated carbocycles. The van der Waals surface area contributed by atoms with Crippen LogP contribution in [0.2, 0.25) is 0 Å². The van der Waals surface area contributed by atoms with E-state index in [1.165, 1.54) is 5.56 Å². The van der Waals surface area contributed by atoms with Gasteiger partial charge in [0.15, 0.2) is 0 Å². The monoisotopic (exact) mass is 363 g/mol. The number of rotatable bonds is 9. The second-order valence-corrected chi connectivity index (χ2v) is 6.99. The number of benzene rings is 2. The fourth-order valence-corrected chi connectivity index (χ4v) is 3.57. The Labute approximate surface area is 161 Å². The Balaban J connectivity index is 1.72. The quantitative estimate of drug-likeness (QED) is 0.598. The number of nitrogens with one attached hydrogen (secondary N) is 1. The molecule has 142 valence electrons. The summed E-state index contributed by atoms with van der Waals surface area (Å²) < 4.78 is 2.26. The molecule has 0 aliphatic heterocycles. The molecule has 0 spiro atoms. The zero-order valence-electron chi connectivity index (χ0n) is 16.3. The molecule has 3 aromatic rings. The second kappa shape index (κ2) is 9.36. The van der Waals surface area contributed by atoms with Crippen molar-refractivity contribution in [3.63, 3.8) is 0 Å². The van der Waals surface area contributed by atoms with Crippen LogP contribution in [0.1, 0.15) is 44.5 Å². The maximum Gasteiger partial charge on any atom is 0.223 e. The van der Waals surface area contributed by atoms with Crippen molar-refractivity contribution < 1.29 is 4.79 Å². The number of para-hydroxylation sites is 2. The van der Waals surface area contributed by atoms with Gasteiger partial charge in [0.05, 0.1) is 17.6 Å². The summed E-state index contributed by atoms with van der Waals surface area (Å²) in [4.78, 5) is 17.1. The molecule has 1 amide bonds. The summed E-state index contributed by atoms with van der Waals surface area (Å²) in [5.41, 5.74) is 3.48.